The number of rotatable bonds is 5. The quantitative estimate of drug-likeness (QED) is 0.633. The third-order valence-electron chi connectivity index (χ3n) is 2.29. The van der Waals surface area contributed by atoms with Gasteiger partial charge in [-0.1, -0.05) is 0 Å². The Labute approximate surface area is 106 Å². The molecule has 1 atom stereocenters. The molecule has 0 aromatic carbocycles. The molecule has 8 heteroatoms. The first-order valence-electron chi connectivity index (χ1n) is 5.29. The molecule has 0 radical (unpaired) electrons. The molecule has 1 unspecified atom stereocenters. The lowest BCUT2D eigenvalue weighted by Gasteiger charge is -2.12. The maximum atomic E-state index is 11.9. The van der Waals surface area contributed by atoms with Crippen molar-refractivity contribution in [2.45, 2.75) is 24.4 Å². The highest BCUT2D eigenvalue weighted by atomic mass is 32.2. The fourth-order valence-corrected chi connectivity index (χ4v) is 2.41. The van der Waals surface area contributed by atoms with Crippen LogP contribution in [0.25, 0.3) is 0 Å². The number of sulfonamides is 1. The molecule has 1 aromatic heterocycles. The number of nitrogens with zero attached hydrogens (tertiary/aromatic N) is 1. The van der Waals surface area contributed by atoms with Crippen molar-refractivity contribution in [2.24, 2.45) is 5.73 Å². The number of hydrogen-bond acceptors (Lipinski definition) is 5. The van der Waals surface area contributed by atoms with Crippen LogP contribution in [0.5, 0.6) is 0 Å². The molecule has 0 aliphatic rings. The number of nitrogens with one attached hydrogen (secondary N) is 2. The summed E-state index contributed by atoms with van der Waals surface area (Å²) in [5, 5.41) is 2.36. The van der Waals surface area contributed by atoms with Gasteiger partial charge in [-0.05, 0) is 19.1 Å². The van der Waals surface area contributed by atoms with Crippen LogP contribution in [0, 0.1) is 0 Å². The number of likely N-dealkylation sites (N-methyl/N-ethyl adjacent to an activating group) is 1. The van der Waals surface area contributed by atoms with Crippen molar-refractivity contribution in [3.63, 3.8) is 0 Å². The van der Waals surface area contributed by atoms with E-state index in [2.05, 4.69) is 15.0 Å². The topological polar surface area (TPSA) is 114 Å². The van der Waals surface area contributed by atoms with Gasteiger partial charge in [0.15, 0.2) is 0 Å². The molecule has 0 spiro atoms. The average Bonchev–Trinajstić information content (AvgIpc) is 2.37. The number of pyridine rings is 1. The summed E-state index contributed by atoms with van der Waals surface area (Å²) in [5.41, 5.74) is 5.96. The summed E-state index contributed by atoms with van der Waals surface area (Å²) in [6.45, 7) is 1.69. The van der Waals surface area contributed by atoms with Gasteiger partial charge in [0.2, 0.25) is 15.9 Å². The van der Waals surface area contributed by atoms with E-state index in [1.165, 1.54) is 32.3 Å². The van der Waals surface area contributed by atoms with Crippen LogP contribution in [0.3, 0.4) is 0 Å². The molecule has 4 N–H and O–H groups in total. The summed E-state index contributed by atoms with van der Waals surface area (Å²) in [6, 6.07) is 2.07. The van der Waals surface area contributed by atoms with Gasteiger partial charge in [0.05, 0.1) is 11.7 Å². The van der Waals surface area contributed by atoms with Gasteiger partial charge in [-0.15, -0.1) is 0 Å². The minimum atomic E-state index is -3.75. The molecule has 18 heavy (non-hydrogen) atoms. The fourth-order valence-electron chi connectivity index (χ4n) is 1.26. The first kappa shape index (κ1) is 14.6. The van der Waals surface area contributed by atoms with Crippen LogP contribution < -0.4 is 15.8 Å². The van der Waals surface area contributed by atoms with Crippen LogP contribution >= 0.6 is 0 Å². The van der Waals surface area contributed by atoms with E-state index in [4.69, 9.17) is 5.73 Å². The van der Waals surface area contributed by atoms with Crippen molar-refractivity contribution in [1.29, 1.82) is 0 Å². The highest BCUT2D eigenvalue weighted by Gasteiger charge is 2.21. The zero-order valence-electron chi connectivity index (χ0n) is 10.2. The number of hydrogen-bond donors (Lipinski definition) is 3. The standard InChI is InChI=1S/C10H16N4O3S/c1-7(10(15)12-2)14-18(16,17)9-4-3-8(5-11)13-6-9/h3-4,6-7,14H,5,11H2,1-2H3,(H,12,15). The Morgan fingerprint density at radius 1 is 1.50 bits per heavy atom. The van der Waals surface area contributed by atoms with Crippen LogP contribution in [-0.2, 0) is 21.4 Å². The van der Waals surface area contributed by atoms with Crippen molar-refractivity contribution in [1.82, 2.24) is 15.0 Å². The van der Waals surface area contributed by atoms with E-state index in [9.17, 15) is 13.2 Å². The highest BCUT2D eigenvalue weighted by Crippen LogP contribution is 2.08. The van der Waals surface area contributed by atoms with E-state index in [1.54, 1.807) is 0 Å². The van der Waals surface area contributed by atoms with Gasteiger partial charge in [0.25, 0.3) is 0 Å². The Balaban J connectivity index is 2.89. The summed E-state index contributed by atoms with van der Waals surface area (Å²) in [5.74, 6) is -0.412. The molecule has 7 nitrogen and oxygen atoms in total. The molecule has 1 amide bonds. The van der Waals surface area contributed by atoms with Gasteiger partial charge in [-0.3, -0.25) is 9.78 Å². The summed E-state index contributed by atoms with van der Waals surface area (Å²) >= 11 is 0. The van der Waals surface area contributed by atoms with Crippen LogP contribution in [-0.4, -0.2) is 32.4 Å². The minimum Gasteiger partial charge on any atom is -0.358 e. The Kier molecular flexibility index (Phi) is 4.76. The Hall–Kier alpha value is -1.51. The summed E-state index contributed by atoms with van der Waals surface area (Å²) in [4.78, 5) is 15.1. The Morgan fingerprint density at radius 2 is 2.17 bits per heavy atom. The first-order valence-corrected chi connectivity index (χ1v) is 6.78. The molecule has 0 aliphatic heterocycles. The van der Waals surface area contributed by atoms with Gasteiger partial charge < -0.3 is 11.1 Å². The second-order valence-electron chi connectivity index (χ2n) is 3.65. The van der Waals surface area contributed by atoms with Gasteiger partial charge >= 0.3 is 0 Å². The zero-order valence-corrected chi connectivity index (χ0v) is 11.0. The SMILES string of the molecule is CNC(=O)C(C)NS(=O)(=O)c1ccc(CN)nc1. The molecular weight excluding hydrogens is 256 g/mol. The highest BCUT2D eigenvalue weighted by molar-refractivity contribution is 7.89. The van der Waals surface area contributed by atoms with Gasteiger partial charge in [-0.2, -0.15) is 4.72 Å². The second-order valence-corrected chi connectivity index (χ2v) is 5.36. The van der Waals surface area contributed by atoms with E-state index >= 15 is 0 Å². The van der Waals surface area contributed by atoms with E-state index in [-0.39, 0.29) is 11.4 Å². The molecular formula is C10H16N4O3S. The molecule has 100 valence electrons. The molecule has 0 bridgehead atoms. The molecule has 0 saturated heterocycles. The van der Waals surface area contributed by atoms with Crippen molar-refractivity contribution < 1.29 is 13.2 Å². The summed E-state index contributed by atoms with van der Waals surface area (Å²) in [6.07, 6.45) is 1.21. The van der Waals surface area contributed by atoms with Crippen molar-refractivity contribution in [3.05, 3.63) is 24.0 Å². The fraction of sp³-hybridized carbons (Fsp3) is 0.400. The van der Waals surface area contributed by atoms with Crippen molar-refractivity contribution in [3.8, 4) is 0 Å². The van der Waals surface area contributed by atoms with Crippen LogP contribution in [0.1, 0.15) is 12.6 Å². The Morgan fingerprint density at radius 3 is 2.61 bits per heavy atom. The van der Waals surface area contributed by atoms with Gasteiger partial charge in [-0.25, -0.2) is 8.42 Å². The Bertz CT molecular complexity index is 512. The van der Waals surface area contributed by atoms with Gasteiger partial charge in [0, 0.05) is 19.8 Å². The zero-order chi connectivity index (χ0) is 13.8. The number of amides is 1. The van der Waals surface area contributed by atoms with E-state index < -0.39 is 22.0 Å². The molecule has 1 rings (SSSR count). The van der Waals surface area contributed by atoms with Crippen LogP contribution in [0.2, 0.25) is 0 Å². The monoisotopic (exact) mass is 272 g/mol. The number of nitrogens with two attached hydrogens (primary N) is 1. The number of aromatic nitrogens is 1. The van der Waals surface area contributed by atoms with Crippen LogP contribution in [0.15, 0.2) is 23.2 Å². The molecule has 0 aliphatic carbocycles. The predicted molar refractivity (Wildman–Crippen MR) is 66.0 cm³/mol. The van der Waals surface area contributed by atoms with Gasteiger partial charge in [0.1, 0.15) is 4.90 Å². The molecule has 1 aromatic rings. The maximum Gasteiger partial charge on any atom is 0.242 e. The van der Waals surface area contributed by atoms with Crippen molar-refractivity contribution in [2.75, 3.05) is 7.05 Å². The molecule has 0 fully saturated rings. The first-order chi connectivity index (χ1) is 8.40. The smallest absolute Gasteiger partial charge is 0.242 e. The lowest BCUT2D eigenvalue weighted by atomic mass is 10.3. The molecule has 0 saturated carbocycles. The number of carbonyl (C=O) groups is 1. The largest absolute Gasteiger partial charge is 0.358 e. The third-order valence-corrected chi connectivity index (χ3v) is 3.81. The van der Waals surface area contributed by atoms with Crippen LogP contribution in [0.4, 0.5) is 0 Å². The number of carbonyl (C=O) groups excluding carboxylic acids is 1. The van der Waals surface area contributed by atoms with E-state index in [0.717, 1.165) is 0 Å². The predicted octanol–water partition coefficient (Wildman–Crippen LogP) is -1.05. The lowest BCUT2D eigenvalue weighted by Crippen LogP contribution is -2.43. The molecule has 1 heterocycles. The summed E-state index contributed by atoms with van der Waals surface area (Å²) < 4.78 is 26.1. The summed E-state index contributed by atoms with van der Waals surface area (Å²) in [7, 11) is -2.32. The normalized spacial score (nSPS) is 13.1. The lowest BCUT2D eigenvalue weighted by molar-refractivity contribution is -0.121. The van der Waals surface area contributed by atoms with E-state index in [0.29, 0.717) is 5.69 Å². The van der Waals surface area contributed by atoms with Crippen molar-refractivity contribution >= 4 is 15.9 Å². The maximum absolute atomic E-state index is 11.9. The van der Waals surface area contributed by atoms with E-state index in [1.807, 2.05) is 0 Å². The third kappa shape index (κ3) is 3.49. The second kappa shape index (κ2) is 5.89. The minimum absolute atomic E-state index is 0.00421. The average molecular weight is 272 g/mol.